The average molecular weight is 386 g/mol. The van der Waals surface area contributed by atoms with Crippen LogP contribution in [0.3, 0.4) is 0 Å². The zero-order chi connectivity index (χ0) is 19.1. The van der Waals surface area contributed by atoms with E-state index in [2.05, 4.69) is 5.32 Å². The van der Waals surface area contributed by atoms with Crippen LogP contribution in [0.2, 0.25) is 5.02 Å². The van der Waals surface area contributed by atoms with Crippen molar-refractivity contribution in [2.45, 2.75) is 4.90 Å². The van der Waals surface area contributed by atoms with Crippen molar-refractivity contribution in [3.05, 3.63) is 52.6 Å². The molecule has 2 aromatic rings. The molecule has 0 aliphatic rings. The molecule has 0 radical (unpaired) electrons. The van der Waals surface area contributed by atoms with E-state index in [0.717, 1.165) is 11.8 Å². The molecule has 130 valence electrons. The van der Waals surface area contributed by atoms with Gasteiger partial charge in [0.1, 0.15) is 17.0 Å². The van der Waals surface area contributed by atoms with Gasteiger partial charge < -0.3 is 15.2 Å². The minimum absolute atomic E-state index is 0.125. The first kappa shape index (κ1) is 19.2. The highest BCUT2D eigenvalue weighted by atomic mass is 35.5. The summed E-state index contributed by atoms with van der Waals surface area (Å²) in [6, 6.07) is 11.4. The summed E-state index contributed by atoms with van der Waals surface area (Å²) in [7, 11) is 1.36. The van der Waals surface area contributed by atoms with Crippen molar-refractivity contribution in [1.29, 1.82) is 10.5 Å². The molecule has 0 heterocycles. The van der Waals surface area contributed by atoms with E-state index in [9.17, 15) is 15.2 Å². The van der Waals surface area contributed by atoms with Crippen LogP contribution in [0.15, 0.2) is 46.9 Å². The fourth-order valence-electron chi connectivity index (χ4n) is 2.04. The topological polar surface area (TPSA) is 106 Å². The van der Waals surface area contributed by atoms with E-state index < -0.39 is 5.91 Å². The van der Waals surface area contributed by atoms with Crippen molar-refractivity contribution >= 4 is 41.0 Å². The number of rotatable bonds is 5. The van der Waals surface area contributed by atoms with E-state index in [1.165, 1.54) is 25.3 Å². The summed E-state index contributed by atoms with van der Waals surface area (Å²) in [5, 5.41) is 32.9. The number of hydrogen-bond acceptors (Lipinski definition) is 6. The Morgan fingerprint density at radius 3 is 2.69 bits per heavy atom. The molecule has 0 aliphatic carbocycles. The van der Waals surface area contributed by atoms with Crippen LogP contribution in [0.4, 0.5) is 5.69 Å². The molecule has 2 rings (SSSR count). The Bertz CT molecular complexity index is 961. The smallest absolute Gasteiger partial charge is 0.266 e. The molecule has 2 aromatic carbocycles. The van der Waals surface area contributed by atoms with E-state index in [1.54, 1.807) is 24.3 Å². The van der Waals surface area contributed by atoms with Crippen molar-refractivity contribution in [1.82, 2.24) is 0 Å². The molecule has 0 unspecified atom stereocenters. The molecule has 0 aliphatic heterocycles. The maximum atomic E-state index is 12.3. The molecule has 0 atom stereocenters. The number of hydrogen-bond donors (Lipinski definition) is 2. The first-order chi connectivity index (χ1) is 12.5. The standard InChI is InChI=1S/C18H12ClN3O3S/c1-25-15-7-11(8-16(17(15)23)26-10-21)6-12(9-20)18(24)22-14-5-3-2-4-13(14)19/h2-8,23H,1H3,(H,22,24)/b12-6-. The Labute approximate surface area is 159 Å². The third-order valence-electron chi connectivity index (χ3n) is 3.24. The number of nitriles is 2. The fourth-order valence-corrected chi connectivity index (χ4v) is 2.71. The van der Waals surface area contributed by atoms with Gasteiger partial charge in [-0.15, -0.1) is 0 Å². The van der Waals surface area contributed by atoms with Crippen molar-refractivity contribution in [2.24, 2.45) is 0 Å². The van der Waals surface area contributed by atoms with Crippen LogP contribution in [0, 0.1) is 22.0 Å². The van der Waals surface area contributed by atoms with Crippen molar-refractivity contribution < 1.29 is 14.6 Å². The van der Waals surface area contributed by atoms with E-state index in [1.807, 2.05) is 11.5 Å². The molecular weight excluding hydrogens is 374 g/mol. The summed E-state index contributed by atoms with van der Waals surface area (Å²) < 4.78 is 5.06. The second-order valence-corrected chi connectivity index (χ2v) is 6.10. The first-order valence-corrected chi connectivity index (χ1v) is 8.34. The monoisotopic (exact) mass is 385 g/mol. The van der Waals surface area contributed by atoms with Crippen LogP contribution in [-0.4, -0.2) is 18.1 Å². The highest BCUT2D eigenvalue weighted by Crippen LogP contribution is 2.38. The summed E-state index contributed by atoms with van der Waals surface area (Å²) >= 11 is 6.73. The summed E-state index contributed by atoms with van der Waals surface area (Å²) in [5.41, 5.74) is 0.623. The molecule has 0 saturated carbocycles. The van der Waals surface area contributed by atoms with Crippen molar-refractivity contribution in [2.75, 3.05) is 12.4 Å². The number of phenols is 1. The zero-order valence-corrected chi connectivity index (χ0v) is 15.1. The number of benzene rings is 2. The van der Waals surface area contributed by atoms with Crippen LogP contribution in [0.25, 0.3) is 6.08 Å². The predicted molar refractivity (Wildman–Crippen MR) is 99.8 cm³/mol. The number of thioether (sulfide) groups is 1. The molecule has 2 N–H and O–H groups in total. The Kier molecular flexibility index (Phi) is 6.51. The van der Waals surface area contributed by atoms with Crippen molar-refractivity contribution in [3.63, 3.8) is 0 Å². The average Bonchev–Trinajstić information content (AvgIpc) is 2.64. The number of ether oxygens (including phenoxy) is 1. The largest absolute Gasteiger partial charge is 0.503 e. The van der Waals surface area contributed by atoms with Crippen LogP contribution in [-0.2, 0) is 4.79 Å². The van der Waals surface area contributed by atoms with E-state index >= 15 is 0 Å². The maximum Gasteiger partial charge on any atom is 0.266 e. The van der Waals surface area contributed by atoms with Gasteiger partial charge in [0.05, 0.1) is 22.7 Å². The van der Waals surface area contributed by atoms with Gasteiger partial charge >= 0.3 is 0 Å². The molecule has 0 saturated heterocycles. The second kappa shape index (κ2) is 8.82. The lowest BCUT2D eigenvalue weighted by molar-refractivity contribution is -0.112. The van der Waals surface area contributed by atoms with Gasteiger partial charge in [-0.3, -0.25) is 4.79 Å². The van der Waals surface area contributed by atoms with Gasteiger partial charge in [-0.05, 0) is 47.7 Å². The number of carbonyl (C=O) groups excluding carboxylic acids is 1. The Morgan fingerprint density at radius 2 is 2.08 bits per heavy atom. The fraction of sp³-hybridized carbons (Fsp3) is 0.0556. The van der Waals surface area contributed by atoms with E-state index in [0.29, 0.717) is 16.3 Å². The number of nitrogens with zero attached hydrogens (tertiary/aromatic N) is 2. The first-order valence-electron chi connectivity index (χ1n) is 7.14. The Balaban J connectivity index is 2.38. The highest BCUT2D eigenvalue weighted by molar-refractivity contribution is 8.03. The number of carbonyl (C=O) groups is 1. The van der Waals surface area contributed by atoms with Crippen LogP contribution in [0.5, 0.6) is 11.5 Å². The maximum absolute atomic E-state index is 12.3. The second-order valence-electron chi connectivity index (χ2n) is 4.87. The summed E-state index contributed by atoms with van der Waals surface area (Å²) in [4.78, 5) is 12.6. The molecular formula is C18H12ClN3O3S. The molecule has 8 heteroatoms. The van der Waals surface area contributed by atoms with Crippen LogP contribution < -0.4 is 10.1 Å². The van der Waals surface area contributed by atoms with E-state index in [-0.39, 0.29) is 22.0 Å². The zero-order valence-electron chi connectivity index (χ0n) is 13.5. The molecule has 26 heavy (non-hydrogen) atoms. The lowest BCUT2D eigenvalue weighted by Gasteiger charge is -2.09. The predicted octanol–water partition coefficient (Wildman–Crippen LogP) is 4.17. The highest BCUT2D eigenvalue weighted by Gasteiger charge is 2.14. The number of thiocyanates is 1. The number of aromatic hydroxyl groups is 1. The molecule has 0 bridgehead atoms. The normalized spacial score (nSPS) is 10.5. The van der Waals surface area contributed by atoms with Gasteiger partial charge in [0.2, 0.25) is 0 Å². The van der Waals surface area contributed by atoms with Gasteiger partial charge in [0, 0.05) is 0 Å². The summed E-state index contributed by atoms with van der Waals surface area (Å²) in [6.07, 6.45) is 1.33. The number of methoxy groups -OCH3 is 1. The SMILES string of the molecule is COc1cc(/C=C(/C#N)C(=O)Nc2ccccc2Cl)cc(SC#N)c1O. The van der Waals surface area contributed by atoms with E-state index in [4.69, 9.17) is 21.6 Å². The molecule has 0 fully saturated rings. The third kappa shape index (κ3) is 4.48. The lowest BCUT2D eigenvalue weighted by Crippen LogP contribution is -2.13. The number of nitrogens with one attached hydrogen (secondary N) is 1. The van der Waals surface area contributed by atoms with Gasteiger partial charge in [-0.2, -0.15) is 10.5 Å². The molecule has 6 nitrogen and oxygen atoms in total. The lowest BCUT2D eigenvalue weighted by atomic mass is 10.1. The van der Waals surface area contributed by atoms with Crippen LogP contribution in [0.1, 0.15) is 5.56 Å². The van der Waals surface area contributed by atoms with Crippen LogP contribution >= 0.6 is 23.4 Å². The quantitative estimate of drug-likeness (QED) is 0.346. The van der Waals surface area contributed by atoms with Gasteiger partial charge in [0.15, 0.2) is 11.5 Å². The number of amides is 1. The summed E-state index contributed by atoms with van der Waals surface area (Å²) in [5.74, 6) is -0.697. The van der Waals surface area contributed by atoms with Gasteiger partial charge in [-0.25, -0.2) is 0 Å². The Morgan fingerprint density at radius 1 is 1.35 bits per heavy atom. The summed E-state index contributed by atoms with van der Waals surface area (Å²) in [6.45, 7) is 0. The van der Waals surface area contributed by atoms with Crippen molar-refractivity contribution in [3.8, 4) is 23.0 Å². The van der Waals surface area contributed by atoms with Gasteiger partial charge in [-0.1, -0.05) is 23.7 Å². The third-order valence-corrected chi connectivity index (χ3v) is 4.19. The number of anilines is 1. The molecule has 0 spiro atoms. The number of para-hydroxylation sites is 1. The minimum Gasteiger partial charge on any atom is -0.503 e. The number of phenolic OH excluding ortho intramolecular Hbond substituents is 1. The minimum atomic E-state index is -0.637. The Hall–Kier alpha value is -3.13. The van der Waals surface area contributed by atoms with Gasteiger partial charge in [0.25, 0.3) is 5.91 Å². The molecule has 1 amide bonds. The molecule has 0 aromatic heterocycles. The number of halogens is 1.